The van der Waals surface area contributed by atoms with Gasteiger partial charge in [0.15, 0.2) is 0 Å². The molecule has 0 spiro atoms. The maximum atomic E-state index is 11.9. The fraction of sp³-hybridized carbons (Fsp3) is 0.583. The van der Waals surface area contributed by atoms with E-state index in [9.17, 15) is 9.59 Å². The third-order valence-electron chi connectivity index (χ3n) is 2.64. The van der Waals surface area contributed by atoms with Crippen LogP contribution in [-0.2, 0) is 16.1 Å². The number of carboxylic acid groups (broad SMARTS) is 1. The molecule has 0 radical (unpaired) electrons. The van der Waals surface area contributed by atoms with Crippen LogP contribution in [0.4, 0.5) is 0 Å². The van der Waals surface area contributed by atoms with Gasteiger partial charge in [0.2, 0.25) is 5.91 Å². The number of carboxylic acids is 1. The molecule has 1 atom stereocenters. The third-order valence-corrected chi connectivity index (χ3v) is 3.58. The second kappa shape index (κ2) is 5.48. The second-order valence-corrected chi connectivity index (χ2v) is 6.16. The number of hydrogen-bond acceptors (Lipinski definition) is 4. The number of carbonyl (C=O) groups excluding carboxylic acids is 1. The summed E-state index contributed by atoms with van der Waals surface area (Å²) in [6.07, 6.45) is 0. The van der Waals surface area contributed by atoms with Crippen LogP contribution in [0.1, 0.15) is 31.3 Å². The average Bonchev–Trinajstić information content (AvgIpc) is 2.58. The first-order chi connectivity index (χ1) is 8.23. The Balaban J connectivity index is 2.69. The molecule has 1 rings (SSSR count). The smallest absolute Gasteiger partial charge is 0.316 e. The Hall–Kier alpha value is -1.43. The Labute approximate surface area is 110 Å². The SMILES string of the molecule is Cc1ncsc1CNC(=O)C(C(=O)O)C(C)(C)C. The summed E-state index contributed by atoms with van der Waals surface area (Å²) >= 11 is 1.45. The van der Waals surface area contributed by atoms with E-state index in [4.69, 9.17) is 5.11 Å². The Morgan fingerprint density at radius 2 is 2.11 bits per heavy atom. The van der Waals surface area contributed by atoms with Crippen LogP contribution in [0.15, 0.2) is 5.51 Å². The average molecular weight is 270 g/mol. The van der Waals surface area contributed by atoms with E-state index >= 15 is 0 Å². The molecule has 0 aliphatic carbocycles. The first-order valence-electron chi connectivity index (χ1n) is 5.63. The number of nitrogens with zero attached hydrogens (tertiary/aromatic N) is 1. The van der Waals surface area contributed by atoms with E-state index in [1.165, 1.54) is 11.3 Å². The predicted octanol–water partition coefficient (Wildman–Crippen LogP) is 1.81. The number of nitrogens with one attached hydrogen (secondary N) is 1. The van der Waals surface area contributed by atoms with Crippen LogP contribution in [-0.4, -0.2) is 22.0 Å². The molecule has 100 valence electrons. The van der Waals surface area contributed by atoms with E-state index in [-0.39, 0.29) is 0 Å². The quantitative estimate of drug-likeness (QED) is 0.818. The molecule has 18 heavy (non-hydrogen) atoms. The van der Waals surface area contributed by atoms with Gasteiger partial charge in [-0.05, 0) is 12.3 Å². The van der Waals surface area contributed by atoms with Gasteiger partial charge in [0.05, 0.1) is 17.7 Å². The van der Waals surface area contributed by atoms with Gasteiger partial charge in [-0.2, -0.15) is 0 Å². The van der Waals surface area contributed by atoms with Crippen LogP contribution in [0.2, 0.25) is 0 Å². The van der Waals surface area contributed by atoms with Crippen molar-refractivity contribution in [1.82, 2.24) is 10.3 Å². The lowest BCUT2D eigenvalue weighted by Crippen LogP contribution is -2.42. The number of rotatable bonds is 4. The minimum atomic E-state index is -1.10. The molecule has 1 aromatic heterocycles. The van der Waals surface area contributed by atoms with E-state index in [1.54, 1.807) is 26.3 Å². The van der Waals surface area contributed by atoms with Crippen molar-refractivity contribution < 1.29 is 14.7 Å². The fourth-order valence-corrected chi connectivity index (χ4v) is 2.36. The van der Waals surface area contributed by atoms with Crippen molar-refractivity contribution >= 4 is 23.2 Å². The molecule has 0 fully saturated rings. The van der Waals surface area contributed by atoms with Gasteiger partial charge in [-0.15, -0.1) is 11.3 Å². The normalized spacial score (nSPS) is 13.1. The van der Waals surface area contributed by atoms with Crippen molar-refractivity contribution in [2.75, 3.05) is 0 Å². The first kappa shape index (κ1) is 14.6. The number of aromatic nitrogens is 1. The van der Waals surface area contributed by atoms with Crippen LogP contribution >= 0.6 is 11.3 Å². The standard InChI is InChI=1S/C12H18N2O3S/c1-7-8(18-6-14-7)5-13-10(15)9(11(16)17)12(2,3)4/h6,9H,5H2,1-4H3,(H,13,15)(H,16,17). The van der Waals surface area contributed by atoms with Gasteiger partial charge in [0.25, 0.3) is 0 Å². The van der Waals surface area contributed by atoms with Crippen molar-refractivity contribution in [3.05, 3.63) is 16.1 Å². The monoisotopic (exact) mass is 270 g/mol. The molecule has 0 aliphatic heterocycles. The van der Waals surface area contributed by atoms with Crippen LogP contribution in [0.5, 0.6) is 0 Å². The molecule has 0 aliphatic rings. The first-order valence-corrected chi connectivity index (χ1v) is 6.51. The number of thiazole rings is 1. The zero-order valence-electron chi connectivity index (χ0n) is 11.0. The molecule has 1 amide bonds. The fourth-order valence-electron chi connectivity index (χ4n) is 1.64. The number of hydrogen-bond donors (Lipinski definition) is 2. The molecule has 5 nitrogen and oxygen atoms in total. The van der Waals surface area contributed by atoms with E-state index < -0.39 is 23.2 Å². The molecular weight excluding hydrogens is 252 g/mol. The van der Waals surface area contributed by atoms with Gasteiger partial charge >= 0.3 is 5.97 Å². The highest BCUT2D eigenvalue weighted by atomic mass is 32.1. The van der Waals surface area contributed by atoms with Gasteiger partial charge in [0.1, 0.15) is 5.92 Å². The zero-order chi connectivity index (χ0) is 13.9. The van der Waals surface area contributed by atoms with E-state index in [0.717, 1.165) is 10.6 Å². The van der Waals surface area contributed by atoms with E-state index in [1.807, 2.05) is 6.92 Å². The molecule has 0 saturated carbocycles. The Kier molecular flexibility index (Phi) is 4.45. The molecular formula is C12H18N2O3S. The highest BCUT2D eigenvalue weighted by Gasteiger charge is 2.37. The van der Waals surface area contributed by atoms with E-state index in [2.05, 4.69) is 10.3 Å². The predicted molar refractivity (Wildman–Crippen MR) is 69.3 cm³/mol. The highest BCUT2D eigenvalue weighted by molar-refractivity contribution is 7.09. The van der Waals surface area contributed by atoms with Crippen molar-refractivity contribution in [1.29, 1.82) is 0 Å². The Bertz CT molecular complexity index is 448. The molecule has 2 N–H and O–H groups in total. The molecule has 0 aromatic carbocycles. The summed E-state index contributed by atoms with van der Waals surface area (Å²) in [4.78, 5) is 28.1. The van der Waals surface area contributed by atoms with Gasteiger partial charge in [0, 0.05) is 4.88 Å². The number of carbonyl (C=O) groups is 2. The summed E-state index contributed by atoms with van der Waals surface area (Å²) < 4.78 is 0. The van der Waals surface area contributed by atoms with Crippen molar-refractivity contribution in [3.63, 3.8) is 0 Å². The lowest BCUT2D eigenvalue weighted by molar-refractivity contribution is -0.151. The Morgan fingerprint density at radius 3 is 2.50 bits per heavy atom. The van der Waals surface area contributed by atoms with Gasteiger partial charge in [-0.25, -0.2) is 4.98 Å². The van der Waals surface area contributed by atoms with E-state index in [0.29, 0.717) is 6.54 Å². The molecule has 0 bridgehead atoms. The summed E-state index contributed by atoms with van der Waals surface area (Å²) in [5, 5.41) is 11.8. The van der Waals surface area contributed by atoms with Crippen LogP contribution in [0.25, 0.3) is 0 Å². The minimum absolute atomic E-state index is 0.329. The molecule has 0 saturated heterocycles. The summed E-state index contributed by atoms with van der Waals surface area (Å²) in [6.45, 7) is 7.40. The summed E-state index contributed by atoms with van der Waals surface area (Å²) in [7, 11) is 0. The summed E-state index contributed by atoms with van der Waals surface area (Å²) in [5.41, 5.74) is 1.96. The number of aliphatic carboxylic acids is 1. The topological polar surface area (TPSA) is 79.3 Å². The highest BCUT2D eigenvalue weighted by Crippen LogP contribution is 2.26. The largest absolute Gasteiger partial charge is 0.481 e. The zero-order valence-corrected chi connectivity index (χ0v) is 11.8. The molecule has 1 unspecified atom stereocenters. The van der Waals surface area contributed by atoms with Gasteiger partial charge in [-0.1, -0.05) is 20.8 Å². The third kappa shape index (κ3) is 3.53. The van der Waals surface area contributed by atoms with Crippen LogP contribution in [0.3, 0.4) is 0 Å². The molecule has 6 heteroatoms. The molecule has 1 aromatic rings. The van der Waals surface area contributed by atoms with Crippen molar-refractivity contribution in [2.24, 2.45) is 11.3 Å². The molecule has 1 heterocycles. The van der Waals surface area contributed by atoms with Gasteiger partial charge in [-0.3, -0.25) is 9.59 Å². The Morgan fingerprint density at radius 1 is 1.50 bits per heavy atom. The van der Waals surface area contributed by atoms with Crippen LogP contribution < -0.4 is 5.32 Å². The van der Waals surface area contributed by atoms with Crippen molar-refractivity contribution in [2.45, 2.75) is 34.2 Å². The lowest BCUT2D eigenvalue weighted by Gasteiger charge is -2.25. The van der Waals surface area contributed by atoms with Crippen LogP contribution in [0, 0.1) is 18.3 Å². The number of amides is 1. The summed E-state index contributed by atoms with van der Waals surface area (Å²) in [6, 6.07) is 0. The minimum Gasteiger partial charge on any atom is -0.481 e. The summed E-state index contributed by atoms with van der Waals surface area (Å²) in [5.74, 6) is -2.60. The maximum absolute atomic E-state index is 11.9. The second-order valence-electron chi connectivity index (χ2n) is 5.22. The lowest BCUT2D eigenvalue weighted by atomic mass is 9.80. The maximum Gasteiger partial charge on any atom is 0.316 e. The van der Waals surface area contributed by atoms with Gasteiger partial charge < -0.3 is 10.4 Å². The number of aryl methyl sites for hydroxylation is 1. The van der Waals surface area contributed by atoms with Crippen molar-refractivity contribution in [3.8, 4) is 0 Å².